The first kappa shape index (κ1) is 14.4. The molecular weight excluding hydrogens is 339 g/mol. The smallest absolute Gasteiger partial charge is 0.262 e. The molecule has 0 radical (unpaired) electrons. The molecule has 0 heterocycles. The molecule has 0 bridgehead atoms. The molecule has 0 saturated heterocycles. The minimum Gasteiger partial charge on any atom is -0.507 e. The van der Waals surface area contributed by atoms with Crippen LogP contribution in [0.25, 0.3) is 0 Å². The molecule has 3 nitrogen and oxygen atoms in total. The van der Waals surface area contributed by atoms with Crippen molar-refractivity contribution in [1.29, 1.82) is 0 Å². The zero-order valence-electron chi connectivity index (χ0n) is 9.75. The molecule has 0 saturated carbocycles. The lowest BCUT2D eigenvalue weighted by Crippen LogP contribution is -2.15. The van der Waals surface area contributed by atoms with Crippen LogP contribution in [0.5, 0.6) is 5.75 Å². The molecule has 0 aliphatic carbocycles. The van der Waals surface area contributed by atoms with Gasteiger partial charge >= 0.3 is 0 Å². The van der Waals surface area contributed by atoms with Gasteiger partial charge in [-0.05, 0) is 34.1 Å². The molecular formula is C13H7BrF3NO2. The maximum atomic E-state index is 13.5. The Morgan fingerprint density at radius 3 is 2.45 bits per heavy atom. The van der Waals surface area contributed by atoms with E-state index in [2.05, 4.69) is 15.9 Å². The molecule has 0 fully saturated rings. The van der Waals surface area contributed by atoms with E-state index in [9.17, 15) is 23.1 Å². The lowest BCUT2D eigenvalue weighted by atomic mass is 10.1. The van der Waals surface area contributed by atoms with E-state index in [-0.39, 0.29) is 4.47 Å². The van der Waals surface area contributed by atoms with Gasteiger partial charge in [0.05, 0.1) is 10.2 Å². The number of hydrogen-bond acceptors (Lipinski definition) is 2. The Balaban J connectivity index is 2.35. The number of aromatic hydroxyl groups is 1. The van der Waals surface area contributed by atoms with Gasteiger partial charge < -0.3 is 10.4 Å². The van der Waals surface area contributed by atoms with Crippen molar-refractivity contribution in [2.24, 2.45) is 0 Å². The van der Waals surface area contributed by atoms with Crippen molar-refractivity contribution >= 4 is 27.5 Å². The van der Waals surface area contributed by atoms with Crippen LogP contribution in [0.15, 0.2) is 34.8 Å². The van der Waals surface area contributed by atoms with Gasteiger partial charge in [-0.15, -0.1) is 0 Å². The van der Waals surface area contributed by atoms with Crippen molar-refractivity contribution in [2.75, 3.05) is 5.32 Å². The average Bonchev–Trinajstić information content (AvgIpc) is 2.35. The quantitative estimate of drug-likeness (QED) is 0.813. The van der Waals surface area contributed by atoms with Crippen LogP contribution in [0.3, 0.4) is 0 Å². The number of benzene rings is 2. The van der Waals surface area contributed by atoms with Crippen molar-refractivity contribution in [2.45, 2.75) is 0 Å². The second kappa shape index (κ2) is 5.54. The molecule has 1 amide bonds. The SMILES string of the molecule is O=C(Nc1cc(F)c(Br)cc1F)c1c(O)cccc1F. The van der Waals surface area contributed by atoms with Crippen molar-refractivity contribution < 1.29 is 23.1 Å². The van der Waals surface area contributed by atoms with E-state index in [1.807, 2.05) is 5.32 Å². The summed E-state index contributed by atoms with van der Waals surface area (Å²) >= 11 is 2.79. The standard InChI is InChI=1S/C13H7BrF3NO2/c14-6-4-9(17)10(5-8(6)16)18-13(20)12-7(15)2-1-3-11(12)19/h1-5,19H,(H,18,20). The molecule has 7 heteroatoms. The van der Waals surface area contributed by atoms with Gasteiger partial charge in [0.2, 0.25) is 0 Å². The Hall–Kier alpha value is -2.02. The summed E-state index contributed by atoms with van der Waals surface area (Å²) in [5.74, 6) is -4.34. The fourth-order valence-corrected chi connectivity index (χ4v) is 1.86. The molecule has 0 spiro atoms. The van der Waals surface area contributed by atoms with Crippen LogP contribution in [0.1, 0.15) is 10.4 Å². The highest BCUT2D eigenvalue weighted by Crippen LogP contribution is 2.25. The number of phenols is 1. The Morgan fingerprint density at radius 2 is 1.80 bits per heavy atom. The lowest BCUT2D eigenvalue weighted by molar-refractivity contribution is 0.102. The van der Waals surface area contributed by atoms with Crippen molar-refractivity contribution in [3.05, 3.63) is 57.8 Å². The molecule has 0 unspecified atom stereocenters. The zero-order chi connectivity index (χ0) is 14.9. The first-order valence-electron chi connectivity index (χ1n) is 5.33. The number of carbonyl (C=O) groups is 1. The summed E-state index contributed by atoms with van der Waals surface area (Å²) in [4.78, 5) is 11.8. The summed E-state index contributed by atoms with van der Waals surface area (Å²) in [6.45, 7) is 0. The van der Waals surface area contributed by atoms with Crippen LogP contribution in [-0.4, -0.2) is 11.0 Å². The molecule has 0 aliphatic rings. The van der Waals surface area contributed by atoms with E-state index >= 15 is 0 Å². The maximum Gasteiger partial charge on any atom is 0.262 e. The summed E-state index contributed by atoms with van der Waals surface area (Å²) in [6, 6.07) is 4.85. The Morgan fingerprint density at radius 1 is 1.10 bits per heavy atom. The monoisotopic (exact) mass is 345 g/mol. The summed E-state index contributed by atoms with van der Waals surface area (Å²) in [5, 5.41) is 11.4. The van der Waals surface area contributed by atoms with E-state index in [1.54, 1.807) is 0 Å². The second-order valence-electron chi connectivity index (χ2n) is 3.83. The highest BCUT2D eigenvalue weighted by Gasteiger charge is 2.18. The molecule has 2 aromatic rings. The molecule has 0 aliphatic heterocycles. The van der Waals surface area contributed by atoms with Gasteiger partial charge in [-0.2, -0.15) is 0 Å². The topological polar surface area (TPSA) is 49.3 Å². The predicted octanol–water partition coefficient (Wildman–Crippen LogP) is 3.82. The minimum atomic E-state index is -1.08. The normalized spacial score (nSPS) is 10.4. The van der Waals surface area contributed by atoms with Gasteiger partial charge in [0, 0.05) is 6.07 Å². The fraction of sp³-hybridized carbons (Fsp3) is 0. The van der Waals surface area contributed by atoms with Crippen molar-refractivity contribution in [1.82, 2.24) is 0 Å². The predicted molar refractivity (Wildman–Crippen MR) is 70.1 cm³/mol. The molecule has 2 aromatic carbocycles. The van der Waals surface area contributed by atoms with E-state index in [1.165, 1.54) is 6.07 Å². The van der Waals surface area contributed by atoms with Gasteiger partial charge in [0.1, 0.15) is 28.8 Å². The van der Waals surface area contributed by atoms with Crippen LogP contribution in [0.2, 0.25) is 0 Å². The van der Waals surface area contributed by atoms with E-state index in [0.717, 1.165) is 24.3 Å². The number of rotatable bonds is 2. The molecule has 20 heavy (non-hydrogen) atoms. The van der Waals surface area contributed by atoms with Gasteiger partial charge in [-0.25, -0.2) is 13.2 Å². The van der Waals surface area contributed by atoms with Crippen LogP contribution >= 0.6 is 15.9 Å². The Kier molecular flexibility index (Phi) is 3.99. The van der Waals surface area contributed by atoms with E-state index in [4.69, 9.17) is 0 Å². The highest BCUT2D eigenvalue weighted by molar-refractivity contribution is 9.10. The third-order valence-electron chi connectivity index (χ3n) is 2.48. The first-order valence-corrected chi connectivity index (χ1v) is 6.13. The maximum absolute atomic E-state index is 13.5. The molecule has 0 aromatic heterocycles. The van der Waals surface area contributed by atoms with Gasteiger partial charge in [0.15, 0.2) is 0 Å². The number of nitrogens with one attached hydrogen (secondary N) is 1. The minimum absolute atomic E-state index is 0.110. The lowest BCUT2D eigenvalue weighted by Gasteiger charge is -2.09. The van der Waals surface area contributed by atoms with Crippen molar-refractivity contribution in [3.8, 4) is 5.75 Å². The molecule has 2 N–H and O–H groups in total. The number of hydrogen-bond donors (Lipinski definition) is 2. The van der Waals surface area contributed by atoms with Gasteiger partial charge in [-0.1, -0.05) is 6.07 Å². The summed E-state index contributed by atoms with van der Waals surface area (Å²) in [7, 11) is 0. The molecule has 104 valence electrons. The summed E-state index contributed by atoms with van der Waals surface area (Å²) < 4.78 is 40.2. The van der Waals surface area contributed by atoms with Crippen LogP contribution in [0.4, 0.5) is 18.9 Å². The first-order chi connectivity index (χ1) is 9.40. The Bertz CT molecular complexity index is 671. The van der Waals surface area contributed by atoms with Crippen molar-refractivity contribution in [3.63, 3.8) is 0 Å². The second-order valence-corrected chi connectivity index (χ2v) is 4.69. The molecule has 0 atom stereocenters. The largest absolute Gasteiger partial charge is 0.507 e. The summed E-state index contributed by atoms with van der Waals surface area (Å²) in [5.41, 5.74) is -1.10. The number of carbonyl (C=O) groups excluding carboxylic acids is 1. The van der Waals surface area contributed by atoms with Crippen LogP contribution in [0, 0.1) is 17.5 Å². The third-order valence-corrected chi connectivity index (χ3v) is 3.08. The number of halogens is 4. The van der Waals surface area contributed by atoms with Crippen LogP contribution < -0.4 is 5.32 Å². The summed E-state index contributed by atoms with van der Waals surface area (Å²) in [6.07, 6.45) is 0. The fourth-order valence-electron chi connectivity index (χ4n) is 1.54. The van der Waals surface area contributed by atoms with E-state index in [0.29, 0.717) is 0 Å². The van der Waals surface area contributed by atoms with E-state index < -0.39 is 40.4 Å². The van der Waals surface area contributed by atoms with Crippen LogP contribution in [-0.2, 0) is 0 Å². The Labute approximate surface area is 120 Å². The van der Waals surface area contributed by atoms with Gasteiger partial charge in [-0.3, -0.25) is 4.79 Å². The van der Waals surface area contributed by atoms with Gasteiger partial charge in [0.25, 0.3) is 5.91 Å². The number of amides is 1. The number of phenolic OH excluding ortho intramolecular Hbond substituents is 1. The number of anilines is 1. The highest BCUT2D eigenvalue weighted by atomic mass is 79.9. The third kappa shape index (κ3) is 2.77. The average molecular weight is 346 g/mol. The zero-order valence-corrected chi connectivity index (χ0v) is 11.3. The molecule has 2 rings (SSSR count).